The fraction of sp³-hybridized carbons (Fsp3) is 0.583. The van der Waals surface area contributed by atoms with Crippen LogP contribution < -0.4 is 0 Å². The Labute approximate surface area is 106 Å². The minimum Gasteiger partial charge on any atom is -0.466 e. The maximum absolute atomic E-state index is 11.1. The van der Waals surface area contributed by atoms with Crippen molar-refractivity contribution in [3.63, 3.8) is 0 Å². The van der Waals surface area contributed by atoms with Gasteiger partial charge in [-0.3, -0.25) is 4.79 Å². The van der Waals surface area contributed by atoms with E-state index in [9.17, 15) is 14.4 Å². The molecule has 0 amide bonds. The van der Waals surface area contributed by atoms with E-state index < -0.39 is 11.9 Å². The van der Waals surface area contributed by atoms with E-state index in [1.165, 1.54) is 7.11 Å². The van der Waals surface area contributed by atoms with Gasteiger partial charge in [-0.25, -0.2) is 9.59 Å². The fourth-order valence-electron chi connectivity index (χ4n) is 0.942. The normalized spacial score (nSPS) is 10.4. The van der Waals surface area contributed by atoms with Crippen LogP contribution in [-0.4, -0.2) is 38.2 Å². The molecule has 0 aliphatic rings. The Morgan fingerprint density at radius 1 is 1.00 bits per heavy atom. The molecule has 0 N–H and O–H groups in total. The van der Waals surface area contributed by atoms with Gasteiger partial charge in [-0.2, -0.15) is 0 Å². The van der Waals surface area contributed by atoms with Crippen molar-refractivity contribution >= 4 is 17.9 Å². The lowest BCUT2D eigenvalue weighted by Gasteiger charge is -2.06. The monoisotopic (exact) mass is 258 g/mol. The van der Waals surface area contributed by atoms with Crippen LogP contribution in [0.2, 0.25) is 0 Å². The predicted molar refractivity (Wildman–Crippen MR) is 62.5 cm³/mol. The Balaban J connectivity index is 3.66. The molecule has 6 heteroatoms. The smallest absolute Gasteiger partial charge is 0.331 e. The highest BCUT2D eigenvalue weighted by Crippen LogP contribution is 2.00. The molecule has 102 valence electrons. The Bertz CT molecular complexity index is 319. The topological polar surface area (TPSA) is 78.9 Å². The van der Waals surface area contributed by atoms with E-state index in [-0.39, 0.29) is 25.1 Å². The number of hydrogen-bond acceptors (Lipinski definition) is 6. The second kappa shape index (κ2) is 9.21. The van der Waals surface area contributed by atoms with E-state index in [4.69, 9.17) is 4.74 Å². The van der Waals surface area contributed by atoms with Crippen molar-refractivity contribution in [2.45, 2.75) is 20.3 Å². The fourth-order valence-corrected chi connectivity index (χ4v) is 0.942. The molecule has 0 rings (SSSR count). The zero-order chi connectivity index (χ0) is 14.0. The van der Waals surface area contributed by atoms with Gasteiger partial charge in [-0.05, 0) is 5.92 Å². The lowest BCUT2D eigenvalue weighted by Crippen LogP contribution is -2.14. The summed E-state index contributed by atoms with van der Waals surface area (Å²) in [7, 11) is 1.20. The van der Waals surface area contributed by atoms with Crippen molar-refractivity contribution in [1.29, 1.82) is 0 Å². The molecule has 6 nitrogen and oxygen atoms in total. The van der Waals surface area contributed by atoms with Crippen LogP contribution in [0, 0.1) is 5.92 Å². The molecule has 0 aliphatic heterocycles. The first-order valence-corrected chi connectivity index (χ1v) is 5.54. The summed E-state index contributed by atoms with van der Waals surface area (Å²) in [6.45, 7) is 3.76. The molecule has 0 unspecified atom stereocenters. The van der Waals surface area contributed by atoms with Crippen molar-refractivity contribution in [3.8, 4) is 0 Å². The van der Waals surface area contributed by atoms with Crippen LogP contribution in [0.25, 0.3) is 0 Å². The van der Waals surface area contributed by atoms with Crippen molar-refractivity contribution in [1.82, 2.24) is 0 Å². The average Bonchev–Trinajstić information content (AvgIpc) is 2.30. The summed E-state index contributed by atoms with van der Waals surface area (Å²) in [5, 5.41) is 0. The Morgan fingerprint density at radius 3 is 2.11 bits per heavy atom. The quantitative estimate of drug-likeness (QED) is 0.291. The third-order valence-electron chi connectivity index (χ3n) is 1.72. The molecule has 0 bridgehead atoms. The largest absolute Gasteiger partial charge is 0.466 e. The van der Waals surface area contributed by atoms with E-state index in [2.05, 4.69) is 9.47 Å². The van der Waals surface area contributed by atoms with Gasteiger partial charge in [0, 0.05) is 18.6 Å². The Hall–Kier alpha value is -1.85. The molecule has 0 heterocycles. The van der Waals surface area contributed by atoms with Gasteiger partial charge >= 0.3 is 17.9 Å². The molecule has 0 saturated carbocycles. The van der Waals surface area contributed by atoms with E-state index in [1.807, 2.05) is 13.8 Å². The van der Waals surface area contributed by atoms with Gasteiger partial charge in [0.2, 0.25) is 0 Å². The number of hydrogen-bond donors (Lipinski definition) is 0. The summed E-state index contributed by atoms with van der Waals surface area (Å²) in [5.74, 6) is -1.44. The molecule has 0 aromatic carbocycles. The average molecular weight is 258 g/mol. The van der Waals surface area contributed by atoms with Crippen molar-refractivity contribution in [3.05, 3.63) is 12.2 Å². The highest BCUT2D eigenvalue weighted by atomic mass is 16.6. The van der Waals surface area contributed by atoms with Crippen LogP contribution in [0.5, 0.6) is 0 Å². The number of esters is 3. The zero-order valence-corrected chi connectivity index (χ0v) is 10.8. The predicted octanol–water partition coefficient (Wildman–Crippen LogP) is 0.848. The maximum Gasteiger partial charge on any atom is 0.331 e. The van der Waals surface area contributed by atoms with Crippen LogP contribution in [0.4, 0.5) is 0 Å². The van der Waals surface area contributed by atoms with Gasteiger partial charge in [0.25, 0.3) is 0 Å². The summed E-state index contributed by atoms with van der Waals surface area (Å²) in [6, 6.07) is 0. The number of carbonyl (C=O) groups excluding carboxylic acids is 3. The standard InChI is InChI=1S/C12H18O6/c1-9(2)8-12(15)18-7-6-17-11(14)5-4-10(13)16-3/h4-5,9H,6-8H2,1-3H3/b5-4+. The highest BCUT2D eigenvalue weighted by Gasteiger charge is 2.06. The van der Waals surface area contributed by atoms with Crippen LogP contribution in [0.15, 0.2) is 12.2 Å². The lowest BCUT2D eigenvalue weighted by atomic mass is 10.1. The highest BCUT2D eigenvalue weighted by molar-refractivity contribution is 5.91. The molecule has 0 aromatic heterocycles. The summed E-state index contributed by atoms with van der Waals surface area (Å²) < 4.78 is 13.8. The summed E-state index contributed by atoms with van der Waals surface area (Å²) in [5.41, 5.74) is 0. The van der Waals surface area contributed by atoms with Crippen molar-refractivity contribution in [2.75, 3.05) is 20.3 Å². The van der Waals surface area contributed by atoms with Gasteiger partial charge in [-0.15, -0.1) is 0 Å². The second-order valence-corrected chi connectivity index (χ2v) is 3.84. The van der Waals surface area contributed by atoms with Crippen LogP contribution in [0.3, 0.4) is 0 Å². The van der Waals surface area contributed by atoms with Crippen LogP contribution >= 0.6 is 0 Å². The van der Waals surface area contributed by atoms with Crippen molar-refractivity contribution < 1.29 is 28.6 Å². The molecule has 0 aromatic rings. The van der Waals surface area contributed by atoms with Gasteiger partial charge in [0.1, 0.15) is 13.2 Å². The molecule has 0 spiro atoms. The molecule has 0 fully saturated rings. The number of carbonyl (C=O) groups is 3. The number of methoxy groups -OCH3 is 1. The minimum atomic E-state index is -0.694. The minimum absolute atomic E-state index is 0.00333. The van der Waals surface area contributed by atoms with Gasteiger partial charge < -0.3 is 14.2 Å². The second-order valence-electron chi connectivity index (χ2n) is 3.84. The molecular weight excluding hydrogens is 240 g/mol. The van der Waals surface area contributed by atoms with Gasteiger partial charge in [0.05, 0.1) is 7.11 Å². The molecule has 0 aliphatic carbocycles. The molecule has 0 atom stereocenters. The van der Waals surface area contributed by atoms with E-state index in [1.54, 1.807) is 0 Å². The summed E-state index contributed by atoms with van der Waals surface area (Å²) in [6.07, 6.45) is 2.23. The first-order valence-electron chi connectivity index (χ1n) is 5.54. The van der Waals surface area contributed by atoms with Gasteiger partial charge in [0.15, 0.2) is 0 Å². The molecule has 0 saturated heterocycles. The number of rotatable bonds is 7. The van der Waals surface area contributed by atoms with E-state index in [0.29, 0.717) is 6.42 Å². The Kier molecular flexibility index (Phi) is 8.26. The SMILES string of the molecule is COC(=O)/C=C/C(=O)OCCOC(=O)CC(C)C. The number of ether oxygens (including phenoxy) is 3. The third-order valence-corrected chi connectivity index (χ3v) is 1.72. The van der Waals surface area contributed by atoms with E-state index >= 15 is 0 Å². The summed E-state index contributed by atoms with van der Waals surface area (Å²) in [4.78, 5) is 32.8. The summed E-state index contributed by atoms with van der Waals surface area (Å²) >= 11 is 0. The maximum atomic E-state index is 11.1. The first-order chi connectivity index (χ1) is 8.45. The lowest BCUT2D eigenvalue weighted by molar-refractivity contribution is -0.150. The molecular formula is C12H18O6. The Morgan fingerprint density at radius 2 is 1.56 bits per heavy atom. The van der Waals surface area contributed by atoms with Crippen LogP contribution in [-0.2, 0) is 28.6 Å². The molecule has 18 heavy (non-hydrogen) atoms. The van der Waals surface area contributed by atoms with E-state index in [0.717, 1.165) is 12.2 Å². The first kappa shape index (κ1) is 16.1. The van der Waals surface area contributed by atoms with Crippen LogP contribution in [0.1, 0.15) is 20.3 Å². The third kappa shape index (κ3) is 9.38. The van der Waals surface area contributed by atoms with Crippen molar-refractivity contribution in [2.24, 2.45) is 5.92 Å². The molecule has 0 radical (unpaired) electrons. The zero-order valence-electron chi connectivity index (χ0n) is 10.8. The van der Waals surface area contributed by atoms with Gasteiger partial charge in [-0.1, -0.05) is 13.8 Å².